The first kappa shape index (κ1) is 17.4. The molecular formula is C17H24N4OS. The van der Waals surface area contributed by atoms with Crippen molar-refractivity contribution in [2.45, 2.75) is 46.2 Å². The van der Waals surface area contributed by atoms with Crippen LogP contribution in [0.25, 0.3) is 0 Å². The molecule has 0 aliphatic heterocycles. The molecule has 2 rings (SSSR count). The third-order valence-corrected chi connectivity index (χ3v) is 3.98. The van der Waals surface area contributed by atoms with E-state index in [0.717, 1.165) is 37.2 Å². The van der Waals surface area contributed by atoms with Crippen LogP contribution in [0.1, 0.15) is 38.1 Å². The fourth-order valence-corrected chi connectivity index (χ4v) is 2.74. The van der Waals surface area contributed by atoms with Crippen molar-refractivity contribution in [2.24, 2.45) is 0 Å². The largest absolute Gasteiger partial charge is 0.337 e. The van der Waals surface area contributed by atoms with Crippen molar-refractivity contribution in [1.82, 2.24) is 19.7 Å². The van der Waals surface area contributed by atoms with E-state index in [-0.39, 0.29) is 12.5 Å². The summed E-state index contributed by atoms with van der Waals surface area (Å²) < 4.78 is 2.33. The Kier molecular flexibility index (Phi) is 6.52. The second kappa shape index (κ2) is 8.62. The lowest BCUT2D eigenvalue weighted by Crippen LogP contribution is -2.34. The standard InChI is InChI=1S/C17H24N4OS/c1-3-8-15-18-19-17(23)21(15)13-16(22)20(11-4-2)12-14-9-6-5-7-10-14/h5-7,9-10H,3-4,8,11-13H2,1-2H3,(H,19,23). The molecule has 0 unspecified atom stereocenters. The van der Waals surface area contributed by atoms with Crippen LogP contribution >= 0.6 is 12.2 Å². The van der Waals surface area contributed by atoms with Gasteiger partial charge >= 0.3 is 0 Å². The van der Waals surface area contributed by atoms with E-state index < -0.39 is 0 Å². The molecule has 0 saturated carbocycles. The lowest BCUT2D eigenvalue weighted by Gasteiger charge is -2.23. The zero-order chi connectivity index (χ0) is 16.7. The summed E-state index contributed by atoms with van der Waals surface area (Å²) in [6, 6.07) is 10.1. The van der Waals surface area contributed by atoms with Gasteiger partial charge in [0.1, 0.15) is 12.4 Å². The number of aromatic nitrogens is 3. The van der Waals surface area contributed by atoms with Crippen LogP contribution in [0.5, 0.6) is 0 Å². The Balaban J connectivity index is 2.12. The molecule has 1 amide bonds. The number of amides is 1. The summed E-state index contributed by atoms with van der Waals surface area (Å²) in [5.74, 6) is 0.924. The maximum atomic E-state index is 12.7. The van der Waals surface area contributed by atoms with Gasteiger partial charge in [-0.3, -0.25) is 14.5 Å². The van der Waals surface area contributed by atoms with E-state index in [9.17, 15) is 4.79 Å². The minimum atomic E-state index is 0.0746. The van der Waals surface area contributed by atoms with Crippen LogP contribution in [0, 0.1) is 4.77 Å². The lowest BCUT2D eigenvalue weighted by atomic mass is 10.2. The number of hydrogen-bond donors (Lipinski definition) is 1. The van der Waals surface area contributed by atoms with E-state index >= 15 is 0 Å². The molecule has 0 aliphatic carbocycles. The smallest absolute Gasteiger partial charge is 0.242 e. The average molecular weight is 332 g/mol. The summed E-state index contributed by atoms with van der Waals surface area (Å²) in [5.41, 5.74) is 1.14. The van der Waals surface area contributed by atoms with Crippen LogP contribution in [0.2, 0.25) is 0 Å². The molecule has 0 aliphatic rings. The molecular weight excluding hydrogens is 308 g/mol. The molecule has 2 aromatic rings. The van der Waals surface area contributed by atoms with Crippen LogP contribution in [-0.4, -0.2) is 32.1 Å². The van der Waals surface area contributed by atoms with Gasteiger partial charge in [-0.25, -0.2) is 0 Å². The molecule has 1 aromatic carbocycles. The minimum Gasteiger partial charge on any atom is -0.337 e. The number of nitrogens with zero attached hydrogens (tertiary/aromatic N) is 3. The predicted molar refractivity (Wildman–Crippen MR) is 93.6 cm³/mol. The number of aromatic amines is 1. The first-order valence-electron chi connectivity index (χ1n) is 8.11. The number of benzene rings is 1. The summed E-state index contributed by atoms with van der Waals surface area (Å²) in [6.07, 6.45) is 2.71. The number of nitrogens with one attached hydrogen (secondary N) is 1. The van der Waals surface area contributed by atoms with Gasteiger partial charge in [0.15, 0.2) is 4.77 Å². The highest BCUT2D eigenvalue weighted by atomic mass is 32.1. The van der Waals surface area contributed by atoms with Gasteiger partial charge in [0.05, 0.1) is 0 Å². The van der Waals surface area contributed by atoms with Crippen molar-refractivity contribution >= 4 is 18.1 Å². The molecule has 0 spiro atoms. The Morgan fingerprint density at radius 2 is 2.00 bits per heavy atom. The van der Waals surface area contributed by atoms with Gasteiger partial charge in [-0.05, 0) is 30.6 Å². The highest BCUT2D eigenvalue weighted by molar-refractivity contribution is 7.71. The quantitative estimate of drug-likeness (QED) is 0.754. The Morgan fingerprint density at radius 1 is 1.26 bits per heavy atom. The van der Waals surface area contributed by atoms with E-state index in [1.54, 1.807) is 0 Å². The molecule has 6 heteroatoms. The van der Waals surface area contributed by atoms with Crippen LogP contribution in [-0.2, 0) is 24.3 Å². The number of carbonyl (C=O) groups is 1. The van der Waals surface area contributed by atoms with Crippen LogP contribution in [0.3, 0.4) is 0 Å². The van der Waals surface area contributed by atoms with Crippen LogP contribution in [0.4, 0.5) is 0 Å². The van der Waals surface area contributed by atoms with Gasteiger partial charge in [-0.15, -0.1) is 0 Å². The molecule has 0 fully saturated rings. The first-order valence-corrected chi connectivity index (χ1v) is 8.52. The zero-order valence-electron chi connectivity index (χ0n) is 13.8. The maximum absolute atomic E-state index is 12.7. The SMILES string of the molecule is CCCc1n[nH]c(=S)n1CC(=O)N(CCC)Cc1ccccc1. The number of H-pyrrole nitrogens is 1. The second-order valence-electron chi connectivity index (χ2n) is 5.58. The van der Waals surface area contributed by atoms with Crippen molar-refractivity contribution in [2.75, 3.05) is 6.54 Å². The van der Waals surface area contributed by atoms with Crippen molar-refractivity contribution in [3.8, 4) is 0 Å². The monoisotopic (exact) mass is 332 g/mol. The highest BCUT2D eigenvalue weighted by Crippen LogP contribution is 2.08. The molecule has 1 N–H and O–H groups in total. The Bertz CT molecular complexity index is 677. The Labute approximate surface area is 142 Å². The molecule has 0 atom stereocenters. The van der Waals surface area contributed by atoms with Gasteiger partial charge in [-0.1, -0.05) is 44.2 Å². The van der Waals surface area contributed by atoms with Crippen molar-refractivity contribution < 1.29 is 4.79 Å². The Morgan fingerprint density at radius 3 is 2.65 bits per heavy atom. The summed E-state index contributed by atoms with van der Waals surface area (Å²) in [4.78, 5) is 14.6. The molecule has 0 radical (unpaired) electrons. The molecule has 1 heterocycles. The van der Waals surface area contributed by atoms with E-state index in [4.69, 9.17) is 12.2 Å². The maximum Gasteiger partial charge on any atom is 0.242 e. The average Bonchev–Trinajstić information content (AvgIpc) is 2.89. The van der Waals surface area contributed by atoms with E-state index in [1.807, 2.05) is 39.8 Å². The summed E-state index contributed by atoms with van der Waals surface area (Å²) >= 11 is 5.26. The highest BCUT2D eigenvalue weighted by Gasteiger charge is 2.16. The van der Waals surface area contributed by atoms with E-state index in [2.05, 4.69) is 24.0 Å². The topological polar surface area (TPSA) is 53.9 Å². The Hall–Kier alpha value is -1.95. The number of rotatable bonds is 8. The third kappa shape index (κ3) is 4.76. The van der Waals surface area contributed by atoms with Crippen molar-refractivity contribution in [1.29, 1.82) is 0 Å². The summed E-state index contributed by atoms with van der Waals surface area (Å²) in [7, 11) is 0. The van der Waals surface area contributed by atoms with E-state index in [1.165, 1.54) is 0 Å². The first-order chi connectivity index (χ1) is 11.2. The number of aryl methyl sites for hydroxylation is 1. The summed E-state index contributed by atoms with van der Waals surface area (Å²) in [6.45, 7) is 5.78. The number of hydrogen-bond acceptors (Lipinski definition) is 3. The predicted octanol–water partition coefficient (Wildman–Crippen LogP) is 3.33. The molecule has 124 valence electrons. The van der Waals surface area contributed by atoms with Gasteiger partial charge in [0, 0.05) is 19.5 Å². The van der Waals surface area contributed by atoms with Gasteiger partial charge in [-0.2, -0.15) is 5.10 Å². The fourth-order valence-electron chi connectivity index (χ4n) is 2.53. The van der Waals surface area contributed by atoms with Gasteiger partial charge in [0.2, 0.25) is 5.91 Å². The molecule has 5 nitrogen and oxygen atoms in total. The van der Waals surface area contributed by atoms with Crippen LogP contribution < -0.4 is 0 Å². The van der Waals surface area contributed by atoms with Gasteiger partial charge in [0.25, 0.3) is 0 Å². The lowest BCUT2D eigenvalue weighted by molar-refractivity contribution is -0.132. The van der Waals surface area contributed by atoms with E-state index in [0.29, 0.717) is 11.3 Å². The number of carbonyl (C=O) groups excluding carboxylic acids is 1. The van der Waals surface area contributed by atoms with Crippen molar-refractivity contribution in [3.63, 3.8) is 0 Å². The minimum absolute atomic E-state index is 0.0746. The molecule has 0 bridgehead atoms. The molecule has 23 heavy (non-hydrogen) atoms. The van der Waals surface area contributed by atoms with Crippen LogP contribution in [0.15, 0.2) is 30.3 Å². The fraction of sp³-hybridized carbons (Fsp3) is 0.471. The molecule has 0 saturated heterocycles. The van der Waals surface area contributed by atoms with Crippen molar-refractivity contribution in [3.05, 3.63) is 46.5 Å². The van der Waals surface area contributed by atoms with Gasteiger partial charge < -0.3 is 4.90 Å². The zero-order valence-corrected chi connectivity index (χ0v) is 14.6. The summed E-state index contributed by atoms with van der Waals surface area (Å²) in [5, 5.41) is 7.02. The normalized spacial score (nSPS) is 10.7. The third-order valence-electron chi connectivity index (χ3n) is 3.67. The second-order valence-corrected chi connectivity index (χ2v) is 5.97. The molecule has 1 aromatic heterocycles.